The Morgan fingerprint density at radius 1 is 1.47 bits per heavy atom. The molecule has 0 aliphatic carbocycles. The second-order valence-electron chi connectivity index (χ2n) is 5.18. The van der Waals surface area contributed by atoms with Crippen LogP contribution in [-0.4, -0.2) is 20.2 Å². The Kier molecular flexibility index (Phi) is 6.03. The molecule has 0 spiro atoms. The molecule has 1 N–H and O–H groups in total. The molecule has 0 saturated carbocycles. The van der Waals surface area contributed by atoms with Gasteiger partial charge in [-0.05, 0) is 37.1 Å². The number of nitrogens with one attached hydrogen (secondary N) is 1. The van der Waals surface area contributed by atoms with Crippen LogP contribution in [0, 0.1) is 11.2 Å². The Bertz CT molecular complexity index is 419. The van der Waals surface area contributed by atoms with E-state index in [2.05, 4.69) is 25.7 Å². The molecule has 0 amide bonds. The molecule has 19 heavy (non-hydrogen) atoms. The van der Waals surface area contributed by atoms with Gasteiger partial charge in [0, 0.05) is 12.0 Å². The van der Waals surface area contributed by atoms with Gasteiger partial charge in [-0.15, -0.1) is 6.58 Å². The predicted molar refractivity (Wildman–Crippen MR) is 78.1 cm³/mol. The number of methoxy groups -OCH3 is 1. The Hall–Kier alpha value is -1.35. The maximum Gasteiger partial charge on any atom is 0.165 e. The molecule has 1 aromatic carbocycles. The number of halogens is 1. The summed E-state index contributed by atoms with van der Waals surface area (Å²) in [7, 11) is 1.47. The average Bonchev–Trinajstić information content (AvgIpc) is 2.39. The standard InChI is InChI=1S/C16H24FNO/c1-5-9-18-12-16(3,6-2)11-13-7-8-15(19-4)14(17)10-13/h6-8,10,18H,2,5,9,11-12H2,1,3-4H3. The number of hydrogen-bond acceptors (Lipinski definition) is 2. The summed E-state index contributed by atoms with van der Waals surface area (Å²) in [4.78, 5) is 0. The molecule has 1 atom stereocenters. The molecule has 0 aromatic heterocycles. The molecule has 0 saturated heterocycles. The van der Waals surface area contributed by atoms with Crippen LogP contribution in [0.3, 0.4) is 0 Å². The van der Waals surface area contributed by atoms with Crippen LogP contribution in [-0.2, 0) is 6.42 Å². The first-order valence-electron chi connectivity index (χ1n) is 6.71. The summed E-state index contributed by atoms with van der Waals surface area (Å²) >= 11 is 0. The monoisotopic (exact) mass is 265 g/mol. The topological polar surface area (TPSA) is 21.3 Å². The van der Waals surface area contributed by atoms with E-state index in [1.165, 1.54) is 7.11 Å². The lowest BCUT2D eigenvalue weighted by molar-refractivity contribution is 0.379. The minimum Gasteiger partial charge on any atom is -0.494 e. The lowest BCUT2D eigenvalue weighted by atomic mass is 9.83. The molecule has 106 valence electrons. The minimum atomic E-state index is -0.312. The highest BCUT2D eigenvalue weighted by Crippen LogP contribution is 2.26. The molecule has 0 heterocycles. The van der Waals surface area contributed by atoms with Crippen LogP contribution in [0.25, 0.3) is 0 Å². The van der Waals surface area contributed by atoms with Gasteiger partial charge in [0.2, 0.25) is 0 Å². The first-order chi connectivity index (χ1) is 9.04. The van der Waals surface area contributed by atoms with Gasteiger partial charge in [-0.1, -0.05) is 26.0 Å². The zero-order valence-corrected chi connectivity index (χ0v) is 12.1. The molecule has 3 heteroatoms. The van der Waals surface area contributed by atoms with Crippen LogP contribution in [0.1, 0.15) is 25.8 Å². The summed E-state index contributed by atoms with van der Waals surface area (Å²) in [6, 6.07) is 5.12. The van der Waals surface area contributed by atoms with Crippen molar-refractivity contribution in [3.63, 3.8) is 0 Å². The third-order valence-corrected chi connectivity index (χ3v) is 3.27. The fourth-order valence-corrected chi connectivity index (χ4v) is 2.04. The van der Waals surface area contributed by atoms with Crippen LogP contribution < -0.4 is 10.1 Å². The van der Waals surface area contributed by atoms with Gasteiger partial charge in [0.15, 0.2) is 11.6 Å². The van der Waals surface area contributed by atoms with Crippen LogP contribution in [0.4, 0.5) is 4.39 Å². The van der Waals surface area contributed by atoms with Gasteiger partial charge in [-0.2, -0.15) is 0 Å². The number of hydrogen-bond donors (Lipinski definition) is 1. The highest BCUT2D eigenvalue weighted by atomic mass is 19.1. The third-order valence-electron chi connectivity index (χ3n) is 3.27. The van der Waals surface area contributed by atoms with E-state index in [0.717, 1.165) is 31.5 Å². The van der Waals surface area contributed by atoms with Gasteiger partial charge in [0.25, 0.3) is 0 Å². The Balaban J connectivity index is 2.74. The fourth-order valence-electron chi connectivity index (χ4n) is 2.04. The average molecular weight is 265 g/mol. The minimum absolute atomic E-state index is 0.0732. The molecule has 0 aliphatic heterocycles. The highest BCUT2D eigenvalue weighted by Gasteiger charge is 2.21. The van der Waals surface area contributed by atoms with E-state index < -0.39 is 0 Å². The molecule has 1 rings (SSSR count). The van der Waals surface area contributed by atoms with Crippen molar-refractivity contribution in [2.24, 2.45) is 5.41 Å². The van der Waals surface area contributed by atoms with E-state index in [1.54, 1.807) is 12.1 Å². The van der Waals surface area contributed by atoms with Gasteiger partial charge >= 0.3 is 0 Å². The maximum atomic E-state index is 13.7. The zero-order valence-electron chi connectivity index (χ0n) is 12.1. The Morgan fingerprint density at radius 2 is 2.21 bits per heavy atom. The van der Waals surface area contributed by atoms with E-state index in [1.807, 2.05) is 12.1 Å². The molecular weight excluding hydrogens is 241 g/mol. The summed E-state index contributed by atoms with van der Waals surface area (Å²) in [5.41, 5.74) is 0.884. The summed E-state index contributed by atoms with van der Waals surface area (Å²) in [5, 5.41) is 3.39. The first-order valence-corrected chi connectivity index (χ1v) is 6.71. The van der Waals surface area contributed by atoms with Gasteiger partial charge in [-0.3, -0.25) is 0 Å². The Labute approximate surface area is 115 Å². The molecule has 0 bridgehead atoms. The number of benzene rings is 1. The van der Waals surface area contributed by atoms with Crippen molar-refractivity contribution in [2.75, 3.05) is 20.2 Å². The van der Waals surface area contributed by atoms with E-state index in [4.69, 9.17) is 4.74 Å². The highest BCUT2D eigenvalue weighted by molar-refractivity contribution is 5.30. The van der Waals surface area contributed by atoms with E-state index in [0.29, 0.717) is 0 Å². The lowest BCUT2D eigenvalue weighted by Crippen LogP contribution is -2.32. The second-order valence-corrected chi connectivity index (χ2v) is 5.18. The Morgan fingerprint density at radius 3 is 2.74 bits per heavy atom. The van der Waals surface area contributed by atoms with Crippen LogP contribution in [0.5, 0.6) is 5.75 Å². The summed E-state index contributed by atoms with van der Waals surface area (Å²) in [6.07, 6.45) is 3.80. The molecule has 2 nitrogen and oxygen atoms in total. The van der Waals surface area contributed by atoms with Crippen molar-refractivity contribution in [3.05, 3.63) is 42.2 Å². The number of rotatable bonds is 8. The zero-order chi connectivity index (χ0) is 14.3. The van der Waals surface area contributed by atoms with Crippen molar-refractivity contribution in [1.29, 1.82) is 0 Å². The molecular formula is C16H24FNO. The van der Waals surface area contributed by atoms with Crippen molar-refractivity contribution in [2.45, 2.75) is 26.7 Å². The smallest absolute Gasteiger partial charge is 0.165 e. The van der Waals surface area contributed by atoms with Gasteiger partial charge in [0.05, 0.1) is 7.11 Å². The van der Waals surface area contributed by atoms with Crippen molar-refractivity contribution >= 4 is 0 Å². The summed E-state index contributed by atoms with van der Waals surface area (Å²) in [5.74, 6) is -0.0268. The van der Waals surface area contributed by atoms with Crippen LogP contribution in [0.15, 0.2) is 30.9 Å². The molecule has 0 radical (unpaired) electrons. The van der Waals surface area contributed by atoms with Crippen molar-refractivity contribution < 1.29 is 9.13 Å². The van der Waals surface area contributed by atoms with E-state index in [9.17, 15) is 4.39 Å². The van der Waals surface area contributed by atoms with Crippen LogP contribution in [0.2, 0.25) is 0 Å². The van der Waals surface area contributed by atoms with Gasteiger partial charge < -0.3 is 10.1 Å². The van der Waals surface area contributed by atoms with Crippen LogP contribution >= 0.6 is 0 Å². The maximum absolute atomic E-state index is 13.7. The van der Waals surface area contributed by atoms with Crippen molar-refractivity contribution in [1.82, 2.24) is 5.32 Å². The van der Waals surface area contributed by atoms with Crippen molar-refractivity contribution in [3.8, 4) is 5.75 Å². The molecule has 0 aliphatic rings. The predicted octanol–water partition coefficient (Wildman–Crippen LogP) is 3.57. The van der Waals surface area contributed by atoms with Gasteiger partial charge in [-0.25, -0.2) is 4.39 Å². The SMILES string of the molecule is C=CC(C)(CNCCC)Cc1ccc(OC)c(F)c1. The molecule has 0 fully saturated rings. The normalized spacial score (nSPS) is 13.9. The number of ether oxygens (including phenoxy) is 1. The van der Waals surface area contributed by atoms with E-state index >= 15 is 0 Å². The second kappa shape index (κ2) is 7.29. The molecule has 1 aromatic rings. The van der Waals surface area contributed by atoms with E-state index in [-0.39, 0.29) is 17.0 Å². The fraction of sp³-hybridized carbons (Fsp3) is 0.500. The van der Waals surface area contributed by atoms with Gasteiger partial charge in [0.1, 0.15) is 0 Å². The summed E-state index contributed by atoms with van der Waals surface area (Å²) < 4.78 is 18.6. The third kappa shape index (κ3) is 4.67. The lowest BCUT2D eigenvalue weighted by Gasteiger charge is -2.26. The largest absolute Gasteiger partial charge is 0.494 e. The summed E-state index contributed by atoms with van der Waals surface area (Å²) in [6.45, 7) is 10.0. The first kappa shape index (κ1) is 15.7. The molecule has 1 unspecified atom stereocenters. The quantitative estimate of drug-likeness (QED) is 0.573.